The first-order valence-corrected chi connectivity index (χ1v) is 10.3. The SMILES string of the molecule is CN=C(NCCCn1nc(C)cc1C)NC1CCN(c2cccs2)CC1. The summed E-state index contributed by atoms with van der Waals surface area (Å²) in [5.41, 5.74) is 2.31. The minimum atomic E-state index is 0.494. The molecule has 0 spiro atoms. The summed E-state index contributed by atoms with van der Waals surface area (Å²) in [6, 6.07) is 6.95. The maximum absolute atomic E-state index is 4.51. The molecule has 6 nitrogen and oxygen atoms in total. The lowest BCUT2D eigenvalue weighted by Crippen LogP contribution is -2.48. The predicted octanol–water partition coefficient (Wildman–Crippen LogP) is 2.79. The van der Waals surface area contributed by atoms with E-state index in [9.17, 15) is 0 Å². The second-order valence-corrected chi connectivity index (χ2v) is 7.79. The largest absolute Gasteiger partial charge is 0.363 e. The fourth-order valence-corrected chi connectivity index (χ4v) is 4.20. The number of anilines is 1. The third-order valence-electron chi connectivity index (χ3n) is 4.82. The highest BCUT2D eigenvalue weighted by Gasteiger charge is 2.20. The average molecular weight is 375 g/mol. The molecule has 0 saturated carbocycles. The van der Waals surface area contributed by atoms with Crippen molar-refractivity contribution in [3.63, 3.8) is 0 Å². The first kappa shape index (κ1) is 18.8. The van der Waals surface area contributed by atoms with Gasteiger partial charge in [0, 0.05) is 45.0 Å². The van der Waals surface area contributed by atoms with Crippen LogP contribution in [0.15, 0.2) is 28.6 Å². The number of piperidine rings is 1. The number of nitrogens with one attached hydrogen (secondary N) is 2. The Labute approximate surface area is 160 Å². The Morgan fingerprint density at radius 2 is 2.15 bits per heavy atom. The Hall–Kier alpha value is -2.02. The maximum atomic E-state index is 4.51. The van der Waals surface area contributed by atoms with E-state index in [1.165, 1.54) is 10.7 Å². The number of guanidine groups is 1. The molecule has 1 fully saturated rings. The van der Waals surface area contributed by atoms with Gasteiger partial charge in [0.25, 0.3) is 0 Å². The molecule has 2 aromatic heterocycles. The molecule has 1 saturated heterocycles. The quantitative estimate of drug-likeness (QED) is 0.464. The van der Waals surface area contributed by atoms with Gasteiger partial charge in [0.2, 0.25) is 0 Å². The third-order valence-corrected chi connectivity index (χ3v) is 5.75. The first-order chi connectivity index (χ1) is 12.7. The van der Waals surface area contributed by atoms with Crippen molar-refractivity contribution in [1.29, 1.82) is 0 Å². The van der Waals surface area contributed by atoms with Crippen molar-refractivity contribution in [3.8, 4) is 0 Å². The van der Waals surface area contributed by atoms with Crippen molar-refractivity contribution in [3.05, 3.63) is 35.0 Å². The summed E-state index contributed by atoms with van der Waals surface area (Å²) in [4.78, 5) is 6.86. The Balaban J connectivity index is 1.36. The van der Waals surface area contributed by atoms with Gasteiger partial charge in [-0.2, -0.15) is 5.10 Å². The van der Waals surface area contributed by atoms with Gasteiger partial charge in [0.15, 0.2) is 5.96 Å². The number of aromatic nitrogens is 2. The normalized spacial score (nSPS) is 16.1. The summed E-state index contributed by atoms with van der Waals surface area (Å²) in [5, 5.41) is 15.1. The van der Waals surface area contributed by atoms with Crippen molar-refractivity contribution >= 4 is 22.3 Å². The molecule has 1 aliphatic heterocycles. The number of thiophene rings is 1. The smallest absolute Gasteiger partial charge is 0.191 e. The molecule has 0 aliphatic carbocycles. The van der Waals surface area contributed by atoms with Crippen molar-refractivity contribution in [2.75, 3.05) is 31.6 Å². The number of rotatable bonds is 6. The summed E-state index contributed by atoms with van der Waals surface area (Å²) in [7, 11) is 1.84. The number of hydrogen-bond donors (Lipinski definition) is 2. The van der Waals surface area contributed by atoms with Crippen LogP contribution in [0.3, 0.4) is 0 Å². The zero-order valence-electron chi connectivity index (χ0n) is 16.0. The molecule has 3 heterocycles. The zero-order chi connectivity index (χ0) is 18.4. The molecule has 0 radical (unpaired) electrons. The lowest BCUT2D eigenvalue weighted by Gasteiger charge is -2.33. The Kier molecular flexibility index (Phi) is 6.55. The summed E-state index contributed by atoms with van der Waals surface area (Å²) < 4.78 is 2.08. The highest BCUT2D eigenvalue weighted by Crippen LogP contribution is 2.24. The summed E-state index contributed by atoms with van der Waals surface area (Å²) >= 11 is 1.83. The highest BCUT2D eigenvalue weighted by molar-refractivity contribution is 7.14. The zero-order valence-corrected chi connectivity index (χ0v) is 16.9. The lowest BCUT2D eigenvalue weighted by atomic mass is 10.1. The van der Waals surface area contributed by atoms with Crippen molar-refractivity contribution in [2.45, 2.75) is 45.7 Å². The summed E-state index contributed by atoms with van der Waals surface area (Å²) in [6.45, 7) is 8.18. The molecule has 0 atom stereocenters. The third kappa shape index (κ3) is 5.00. The lowest BCUT2D eigenvalue weighted by molar-refractivity contribution is 0.461. The molecule has 0 unspecified atom stereocenters. The topological polar surface area (TPSA) is 57.5 Å². The highest BCUT2D eigenvalue weighted by atomic mass is 32.1. The monoisotopic (exact) mass is 374 g/mol. The predicted molar refractivity (Wildman–Crippen MR) is 110 cm³/mol. The van der Waals surface area contributed by atoms with E-state index < -0.39 is 0 Å². The molecule has 0 aromatic carbocycles. The van der Waals surface area contributed by atoms with Gasteiger partial charge in [0.1, 0.15) is 0 Å². The molecular formula is C19H30N6S. The number of nitrogens with zero attached hydrogens (tertiary/aromatic N) is 4. The van der Waals surface area contributed by atoms with Gasteiger partial charge < -0.3 is 15.5 Å². The van der Waals surface area contributed by atoms with E-state index in [4.69, 9.17) is 0 Å². The standard InChI is InChI=1S/C19H30N6S/c1-15-14-16(2)25(23-15)10-5-9-21-19(20-3)22-17-7-11-24(12-8-17)18-6-4-13-26-18/h4,6,13-14,17H,5,7-12H2,1-3H3,(H2,20,21,22). The van der Waals surface area contributed by atoms with Crippen LogP contribution < -0.4 is 15.5 Å². The molecule has 142 valence electrons. The fourth-order valence-electron chi connectivity index (χ4n) is 3.42. The van der Waals surface area contributed by atoms with E-state index >= 15 is 0 Å². The Bertz CT molecular complexity index is 698. The molecule has 2 aromatic rings. The minimum Gasteiger partial charge on any atom is -0.363 e. The molecule has 26 heavy (non-hydrogen) atoms. The van der Waals surface area contributed by atoms with E-state index in [1.807, 2.05) is 25.3 Å². The fraction of sp³-hybridized carbons (Fsp3) is 0.579. The molecule has 0 bridgehead atoms. The van der Waals surface area contributed by atoms with Crippen molar-refractivity contribution in [2.24, 2.45) is 4.99 Å². The van der Waals surface area contributed by atoms with Crippen LogP contribution in [0.2, 0.25) is 0 Å². The molecule has 0 amide bonds. The first-order valence-electron chi connectivity index (χ1n) is 9.42. The Morgan fingerprint density at radius 1 is 1.35 bits per heavy atom. The van der Waals surface area contributed by atoms with E-state index in [0.717, 1.165) is 57.1 Å². The van der Waals surface area contributed by atoms with Crippen LogP contribution in [0.4, 0.5) is 5.00 Å². The van der Waals surface area contributed by atoms with Crippen molar-refractivity contribution < 1.29 is 0 Å². The molecule has 1 aliphatic rings. The van der Waals surface area contributed by atoms with Gasteiger partial charge in [-0.3, -0.25) is 9.67 Å². The van der Waals surface area contributed by atoms with Crippen LogP contribution in [-0.2, 0) is 6.54 Å². The second kappa shape index (κ2) is 9.07. The van der Waals surface area contributed by atoms with Gasteiger partial charge >= 0.3 is 0 Å². The number of hydrogen-bond acceptors (Lipinski definition) is 4. The van der Waals surface area contributed by atoms with Crippen LogP contribution in [0.25, 0.3) is 0 Å². The van der Waals surface area contributed by atoms with Gasteiger partial charge in [-0.25, -0.2) is 0 Å². The van der Waals surface area contributed by atoms with Gasteiger partial charge in [0.05, 0.1) is 10.7 Å². The minimum absolute atomic E-state index is 0.494. The summed E-state index contributed by atoms with van der Waals surface area (Å²) in [5.74, 6) is 0.910. The number of aliphatic imine (C=N–C) groups is 1. The molecule has 7 heteroatoms. The van der Waals surface area contributed by atoms with Crippen LogP contribution >= 0.6 is 11.3 Å². The second-order valence-electron chi connectivity index (χ2n) is 6.86. The van der Waals surface area contributed by atoms with Crippen LogP contribution in [0, 0.1) is 13.8 Å². The van der Waals surface area contributed by atoms with E-state index in [-0.39, 0.29) is 0 Å². The van der Waals surface area contributed by atoms with Gasteiger partial charge in [-0.05, 0) is 56.7 Å². The number of aryl methyl sites for hydroxylation is 3. The van der Waals surface area contributed by atoms with E-state index in [2.05, 4.69) is 60.8 Å². The Morgan fingerprint density at radius 3 is 2.77 bits per heavy atom. The van der Waals surface area contributed by atoms with Crippen LogP contribution in [0.5, 0.6) is 0 Å². The molecular weight excluding hydrogens is 344 g/mol. The van der Waals surface area contributed by atoms with Crippen molar-refractivity contribution in [1.82, 2.24) is 20.4 Å². The molecule has 3 rings (SSSR count). The van der Waals surface area contributed by atoms with E-state index in [0.29, 0.717) is 6.04 Å². The summed E-state index contributed by atoms with van der Waals surface area (Å²) in [6.07, 6.45) is 3.31. The van der Waals surface area contributed by atoms with Gasteiger partial charge in [-0.15, -0.1) is 11.3 Å². The van der Waals surface area contributed by atoms with Gasteiger partial charge in [-0.1, -0.05) is 0 Å². The average Bonchev–Trinajstić information content (AvgIpc) is 3.28. The maximum Gasteiger partial charge on any atom is 0.191 e. The molecule has 2 N–H and O–H groups in total. The van der Waals surface area contributed by atoms with Crippen LogP contribution in [0.1, 0.15) is 30.7 Å². The van der Waals surface area contributed by atoms with E-state index in [1.54, 1.807) is 0 Å². The van der Waals surface area contributed by atoms with Crippen LogP contribution in [-0.4, -0.2) is 48.5 Å².